The normalized spacial score (nSPS) is 13.8. The molecule has 3 heterocycles. The molecule has 0 aliphatic rings. The van der Waals surface area contributed by atoms with Crippen molar-refractivity contribution in [2.45, 2.75) is 38.1 Å². The molecule has 0 bridgehead atoms. The predicted octanol–water partition coefficient (Wildman–Crippen LogP) is 3.92. The molecule has 3 aromatic heterocycles. The number of aryl methyl sites for hydroxylation is 1. The summed E-state index contributed by atoms with van der Waals surface area (Å²) >= 11 is 0. The monoisotopic (exact) mass is 472 g/mol. The van der Waals surface area contributed by atoms with Crippen LogP contribution in [0.25, 0.3) is 33.6 Å². The summed E-state index contributed by atoms with van der Waals surface area (Å²) in [7, 11) is 0. The summed E-state index contributed by atoms with van der Waals surface area (Å²) in [4.78, 5) is 21.0. The van der Waals surface area contributed by atoms with E-state index in [0.29, 0.717) is 39.9 Å². The van der Waals surface area contributed by atoms with Crippen molar-refractivity contribution >= 4 is 11.1 Å². The minimum Gasteiger partial charge on any atom is -0.437 e. The number of benzene rings is 1. The van der Waals surface area contributed by atoms with Gasteiger partial charge in [-0.3, -0.25) is 14.3 Å². The number of aliphatic hydroxyl groups is 1. The summed E-state index contributed by atoms with van der Waals surface area (Å²) < 4.78 is 45.3. The Morgan fingerprint density at radius 3 is 2.38 bits per heavy atom. The number of furan rings is 1. The van der Waals surface area contributed by atoms with E-state index in [1.165, 1.54) is 12.4 Å². The third-order valence-electron chi connectivity index (χ3n) is 5.61. The van der Waals surface area contributed by atoms with Crippen LogP contribution in [0.3, 0.4) is 0 Å². The standard InChI is InChI=1S/C24H23F3N4O3/c1-23(33,12-28)9-6-15-2-4-17(5-3-15)20-18(16-7-10-29-11-8-16)19-21(34-20)30-14-31(22(19)32)13-24(25,26)27/h2-5,7-8,10-11,14,33H,6,9,12-13,28H2,1H3/t23-/m1/s1. The molecule has 0 aliphatic carbocycles. The van der Waals surface area contributed by atoms with Crippen LogP contribution in [0.1, 0.15) is 18.9 Å². The van der Waals surface area contributed by atoms with Crippen LogP contribution in [-0.2, 0) is 13.0 Å². The van der Waals surface area contributed by atoms with Crippen molar-refractivity contribution in [2.75, 3.05) is 6.54 Å². The summed E-state index contributed by atoms with van der Waals surface area (Å²) in [6.07, 6.45) is 0.398. The maximum absolute atomic E-state index is 13.0. The zero-order chi connectivity index (χ0) is 24.5. The first-order chi connectivity index (χ1) is 16.1. The Balaban J connectivity index is 1.81. The molecular weight excluding hydrogens is 449 g/mol. The molecule has 0 saturated carbocycles. The lowest BCUT2D eigenvalue weighted by Crippen LogP contribution is -2.34. The van der Waals surface area contributed by atoms with E-state index in [1.54, 1.807) is 31.2 Å². The number of pyridine rings is 1. The fourth-order valence-corrected chi connectivity index (χ4v) is 3.67. The molecule has 0 amide bonds. The van der Waals surface area contributed by atoms with Gasteiger partial charge in [-0.25, -0.2) is 4.98 Å². The van der Waals surface area contributed by atoms with Crippen molar-refractivity contribution in [3.05, 3.63) is 71.0 Å². The van der Waals surface area contributed by atoms with Gasteiger partial charge in [0.1, 0.15) is 24.0 Å². The van der Waals surface area contributed by atoms with Crippen LogP contribution in [0.4, 0.5) is 13.2 Å². The Hall–Kier alpha value is -3.50. The number of rotatable bonds is 7. The number of hydrogen-bond acceptors (Lipinski definition) is 6. The molecule has 0 fully saturated rings. The molecule has 4 aromatic rings. The van der Waals surface area contributed by atoms with Crippen LogP contribution < -0.4 is 11.3 Å². The van der Waals surface area contributed by atoms with E-state index >= 15 is 0 Å². The molecule has 1 aromatic carbocycles. The molecule has 34 heavy (non-hydrogen) atoms. The summed E-state index contributed by atoms with van der Waals surface area (Å²) in [5.41, 5.74) is 6.22. The number of fused-ring (bicyclic) bond motifs is 1. The maximum atomic E-state index is 13.0. The molecule has 0 aliphatic heterocycles. The lowest BCUT2D eigenvalue weighted by molar-refractivity contribution is -0.141. The summed E-state index contributed by atoms with van der Waals surface area (Å²) in [6, 6.07) is 10.6. The second-order valence-corrected chi connectivity index (χ2v) is 8.41. The number of nitrogens with zero attached hydrogens (tertiary/aromatic N) is 3. The SMILES string of the molecule is C[C@](O)(CN)CCc1ccc(-c2oc3ncn(CC(F)(F)F)c(=O)c3c2-c2ccncc2)cc1. The van der Waals surface area contributed by atoms with E-state index in [-0.39, 0.29) is 17.6 Å². The number of alkyl halides is 3. The van der Waals surface area contributed by atoms with Crippen molar-refractivity contribution in [1.82, 2.24) is 14.5 Å². The van der Waals surface area contributed by atoms with Crippen molar-refractivity contribution < 1.29 is 22.7 Å². The highest BCUT2D eigenvalue weighted by atomic mass is 19.4. The van der Waals surface area contributed by atoms with Gasteiger partial charge in [-0.1, -0.05) is 24.3 Å². The third-order valence-corrected chi connectivity index (χ3v) is 5.61. The highest BCUT2D eigenvalue weighted by Gasteiger charge is 2.30. The molecule has 1 atom stereocenters. The Bertz CT molecular complexity index is 1340. The predicted molar refractivity (Wildman–Crippen MR) is 121 cm³/mol. The molecule has 0 saturated heterocycles. The summed E-state index contributed by atoms with van der Waals surface area (Å²) in [5.74, 6) is 0.316. The lowest BCUT2D eigenvalue weighted by atomic mass is 9.95. The fourth-order valence-electron chi connectivity index (χ4n) is 3.67. The van der Waals surface area contributed by atoms with E-state index < -0.39 is 23.9 Å². The number of aromatic nitrogens is 3. The smallest absolute Gasteiger partial charge is 0.406 e. The quantitative estimate of drug-likeness (QED) is 0.422. The average Bonchev–Trinajstić information content (AvgIpc) is 3.20. The molecule has 0 spiro atoms. The van der Waals surface area contributed by atoms with Gasteiger partial charge in [0.2, 0.25) is 5.71 Å². The van der Waals surface area contributed by atoms with Gasteiger partial charge in [0, 0.05) is 30.1 Å². The molecule has 4 rings (SSSR count). The van der Waals surface area contributed by atoms with Gasteiger partial charge in [0.25, 0.3) is 5.56 Å². The second kappa shape index (κ2) is 9.03. The molecule has 7 nitrogen and oxygen atoms in total. The highest BCUT2D eigenvalue weighted by molar-refractivity contribution is 5.99. The van der Waals surface area contributed by atoms with Crippen molar-refractivity contribution in [1.29, 1.82) is 0 Å². The van der Waals surface area contributed by atoms with E-state index in [0.717, 1.165) is 11.9 Å². The minimum absolute atomic E-state index is 0.0315. The fraction of sp³-hybridized carbons (Fsp3) is 0.292. The Morgan fingerprint density at radius 2 is 1.76 bits per heavy atom. The van der Waals surface area contributed by atoms with Gasteiger partial charge >= 0.3 is 6.18 Å². The van der Waals surface area contributed by atoms with Crippen molar-refractivity contribution in [3.8, 4) is 22.5 Å². The zero-order valence-corrected chi connectivity index (χ0v) is 18.3. The Kier molecular flexibility index (Phi) is 6.28. The van der Waals surface area contributed by atoms with Gasteiger partial charge in [-0.2, -0.15) is 13.2 Å². The lowest BCUT2D eigenvalue weighted by Gasteiger charge is -2.20. The van der Waals surface area contributed by atoms with Gasteiger partial charge in [-0.05, 0) is 43.0 Å². The van der Waals surface area contributed by atoms with Crippen molar-refractivity contribution in [3.63, 3.8) is 0 Å². The van der Waals surface area contributed by atoms with Gasteiger partial charge < -0.3 is 15.3 Å². The molecule has 3 N–H and O–H groups in total. The first-order valence-electron chi connectivity index (χ1n) is 10.6. The van der Waals surface area contributed by atoms with Crippen LogP contribution in [0, 0.1) is 0 Å². The van der Waals surface area contributed by atoms with Crippen molar-refractivity contribution in [2.24, 2.45) is 5.73 Å². The Labute approximate surface area is 192 Å². The molecule has 0 unspecified atom stereocenters. The van der Waals surface area contributed by atoms with Gasteiger partial charge in [0.05, 0.1) is 5.60 Å². The summed E-state index contributed by atoms with van der Waals surface area (Å²) in [6.45, 7) is 0.375. The van der Waals surface area contributed by atoms with E-state index in [2.05, 4.69) is 9.97 Å². The number of halogens is 3. The molecule has 0 radical (unpaired) electrons. The molecule has 10 heteroatoms. The van der Waals surface area contributed by atoms with Crippen LogP contribution in [-0.4, -0.2) is 38.0 Å². The van der Waals surface area contributed by atoms with E-state index in [9.17, 15) is 23.1 Å². The first kappa shape index (κ1) is 23.7. The van der Waals surface area contributed by atoms with Crippen LogP contribution in [0.5, 0.6) is 0 Å². The minimum atomic E-state index is -4.58. The van der Waals surface area contributed by atoms with Crippen LogP contribution >= 0.6 is 0 Å². The zero-order valence-electron chi connectivity index (χ0n) is 18.3. The molecule has 178 valence electrons. The van der Waals surface area contributed by atoms with E-state index in [4.69, 9.17) is 10.2 Å². The average molecular weight is 472 g/mol. The topological polar surface area (TPSA) is 107 Å². The largest absolute Gasteiger partial charge is 0.437 e. The number of hydrogen-bond donors (Lipinski definition) is 2. The Morgan fingerprint density at radius 1 is 1.09 bits per heavy atom. The van der Waals surface area contributed by atoms with Crippen LogP contribution in [0.2, 0.25) is 0 Å². The maximum Gasteiger partial charge on any atom is 0.406 e. The first-order valence-corrected chi connectivity index (χ1v) is 10.6. The second-order valence-electron chi connectivity index (χ2n) is 8.41. The van der Waals surface area contributed by atoms with E-state index in [1.807, 2.05) is 12.1 Å². The highest BCUT2D eigenvalue weighted by Crippen LogP contribution is 2.38. The van der Waals surface area contributed by atoms with Gasteiger partial charge in [0.15, 0.2) is 0 Å². The third kappa shape index (κ3) is 5.02. The molecular formula is C24H23F3N4O3. The number of nitrogens with two attached hydrogens (primary N) is 1. The summed E-state index contributed by atoms with van der Waals surface area (Å²) in [5, 5.41) is 10.1. The van der Waals surface area contributed by atoms with Gasteiger partial charge in [-0.15, -0.1) is 0 Å². The van der Waals surface area contributed by atoms with Crippen LogP contribution in [0.15, 0.2) is 64.3 Å².